The molecule has 8 heteroatoms. The van der Waals surface area contributed by atoms with Crippen molar-refractivity contribution in [3.05, 3.63) is 28.2 Å². The summed E-state index contributed by atoms with van der Waals surface area (Å²) in [6, 6.07) is 1.80. The van der Waals surface area contributed by atoms with E-state index in [9.17, 15) is 19.5 Å². The Kier molecular flexibility index (Phi) is 3.48. The van der Waals surface area contributed by atoms with Gasteiger partial charge in [0, 0.05) is 18.9 Å². The van der Waals surface area contributed by atoms with Crippen molar-refractivity contribution < 1.29 is 14.7 Å². The molecule has 1 N–H and O–H groups in total. The molecule has 0 aromatic carbocycles. The molecule has 1 saturated carbocycles. The molecule has 21 heavy (non-hydrogen) atoms. The van der Waals surface area contributed by atoms with Crippen LogP contribution in [0.1, 0.15) is 23.3 Å². The molecule has 7 nitrogen and oxygen atoms in total. The molecule has 1 aromatic heterocycles. The highest BCUT2D eigenvalue weighted by Crippen LogP contribution is 2.45. The molecule has 0 bridgehead atoms. The Balaban J connectivity index is 1.93. The monoisotopic (exact) mass is 309 g/mol. The Bertz CT molecular complexity index is 655. The number of amides is 1. The second-order valence-corrected chi connectivity index (χ2v) is 6.46. The Morgan fingerprint density at radius 3 is 2.67 bits per heavy atom. The average molecular weight is 309 g/mol. The number of aryl methyl sites for hydroxylation is 1. The molecule has 0 radical (unpaired) electrons. The van der Waals surface area contributed by atoms with E-state index in [4.69, 9.17) is 0 Å². The van der Waals surface area contributed by atoms with Crippen molar-refractivity contribution in [1.29, 1.82) is 0 Å². The van der Waals surface area contributed by atoms with Crippen molar-refractivity contribution in [2.45, 2.75) is 24.3 Å². The Labute approximate surface area is 124 Å². The van der Waals surface area contributed by atoms with Gasteiger partial charge >= 0.3 is 5.97 Å². The van der Waals surface area contributed by atoms with Gasteiger partial charge in [-0.15, -0.1) is 11.8 Å². The SMILES string of the molecule is Cn1nc(C(=O)N2C(C(=O)O)CSC2C2CC2)ccc1=O. The number of carbonyl (C=O) groups is 2. The van der Waals surface area contributed by atoms with Gasteiger partial charge in [-0.05, 0) is 24.8 Å². The summed E-state index contributed by atoms with van der Waals surface area (Å²) in [7, 11) is 1.46. The van der Waals surface area contributed by atoms with Crippen LogP contribution in [0, 0.1) is 5.92 Å². The van der Waals surface area contributed by atoms with Crippen LogP contribution in [0.25, 0.3) is 0 Å². The second kappa shape index (κ2) is 5.18. The lowest BCUT2D eigenvalue weighted by atomic mass is 10.2. The Morgan fingerprint density at radius 1 is 1.38 bits per heavy atom. The molecule has 2 aliphatic rings. The predicted molar refractivity (Wildman–Crippen MR) is 76.0 cm³/mol. The van der Waals surface area contributed by atoms with E-state index in [-0.39, 0.29) is 16.6 Å². The number of hydrogen-bond acceptors (Lipinski definition) is 5. The van der Waals surface area contributed by atoms with Crippen LogP contribution in [0.2, 0.25) is 0 Å². The van der Waals surface area contributed by atoms with Crippen LogP contribution in [0.5, 0.6) is 0 Å². The number of aromatic nitrogens is 2. The standard InChI is InChI=1S/C13H15N3O4S/c1-15-10(17)5-4-8(14-15)11(18)16-9(13(19)20)6-21-12(16)7-2-3-7/h4-5,7,9,12H,2-3,6H2,1H3,(H,19,20). The molecule has 1 saturated heterocycles. The van der Waals surface area contributed by atoms with Gasteiger partial charge in [0.15, 0.2) is 0 Å². The van der Waals surface area contributed by atoms with Gasteiger partial charge in [0.25, 0.3) is 11.5 Å². The fourth-order valence-electron chi connectivity index (χ4n) is 2.47. The third-order valence-electron chi connectivity index (χ3n) is 3.76. The van der Waals surface area contributed by atoms with Crippen molar-refractivity contribution in [1.82, 2.24) is 14.7 Å². The minimum Gasteiger partial charge on any atom is -0.480 e. The Morgan fingerprint density at radius 2 is 2.10 bits per heavy atom. The van der Waals surface area contributed by atoms with Crippen LogP contribution in [0.4, 0.5) is 0 Å². The maximum Gasteiger partial charge on any atom is 0.327 e. The summed E-state index contributed by atoms with van der Waals surface area (Å²) in [4.78, 5) is 36.8. The molecule has 1 amide bonds. The van der Waals surface area contributed by atoms with Crippen LogP contribution in [0.3, 0.4) is 0 Å². The highest BCUT2D eigenvalue weighted by Gasteiger charge is 2.48. The zero-order chi connectivity index (χ0) is 15.1. The van der Waals surface area contributed by atoms with Gasteiger partial charge in [0.2, 0.25) is 0 Å². The van der Waals surface area contributed by atoms with E-state index in [0.29, 0.717) is 11.7 Å². The lowest BCUT2D eigenvalue weighted by Gasteiger charge is -2.27. The minimum absolute atomic E-state index is 0.0994. The van der Waals surface area contributed by atoms with Crippen LogP contribution in [-0.4, -0.2) is 48.8 Å². The number of aliphatic carboxylic acids is 1. The molecule has 2 heterocycles. The number of carboxylic acids is 1. The van der Waals surface area contributed by atoms with Crippen LogP contribution < -0.4 is 5.56 Å². The van der Waals surface area contributed by atoms with E-state index in [1.807, 2.05) is 0 Å². The van der Waals surface area contributed by atoms with Gasteiger partial charge in [-0.1, -0.05) is 0 Å². The van der Waals surface area contributed by atoms with Gasteiger partial charge < -0.3 is 10.0 Å². The largest absolute Gasteiger partial charge is 0.480 e. The summed E-state index contributed by atoms with van der Waals surface area (Å²) in [5.74, 6) is -0.645. The third-order valence-corrected chi connectivity index (χ3v) is 5.22. The molecule has 112 valence electrons. The van der Waals surface area contributed by atoms with Crippen molar-refractivity contribution in [2.24, 2.45) is 13.0 Å². The van der Waals surface area contributed by atoms with Gasteiger partial charge in [-0.25, -0.2) is 9.48 Å². The number of thioether (sulfide) groups is 1. The molecule has 1 aliphatic carbocycles. The van der Waals surface area contributed by atoms with Crippen LogP contribution >= 0.6 is 11.8 Å². The molecule has 2 atom stereocenters. The summed E-state index contributed by atoms with van der Waals surface area (Å²) in [5.41, 5.74) is -0.202. The van der Waals surface area contributed by atoms with Gasteiger partial charge in [0.1, 0.15) is 11.7 Å². The van der Waals surface area contributed by atoms with E-state index >= 15 is 0 Å². The molecular weight excluding hydrogens is 294 g/mol. The van der Waals surface area contributed by atoms with Gasteiger partial charge in [0.05, 0.1) is 5.37 Å². The van der Waals surface area contributed by atoms with Gasteiger partial charge in [-0.3, -0.25) is 9.59 Å². The first kappa shape index (κ1) is 14.1. The predicted octanol–water partition coefficient (Wildman–Crippen LogP) is 0.159. The van der Waals surface area contributed by atoms with Crippen LogP contribution in [-0.2, 0) is 11.8 Å². The van der Waals surface area contributed by atoms with Crippen molar-refractivity contribution in [2.75, 3.05) is 5.75 Å². The van der Waals surface area contributed by atoms with Crippen molar-refractivity contribution >= 4 is 23.6 Å². The summed E-state index contributed by atoms with van der Waals surface area (Å²) >= 11 is 1.52. The normalized spacial score (nSPS) is 25.1. The smallest absolute Gasteiger partial charge is 0.327 e. The molecular formula is C13H15N3O4S. The number of hydrogen-bond donors (Lipinski definition) is 1. The highest BCUT2D eigenvalue weighted by atomic mass is 32.2. The third kappa shape index (κ3) is 2.55. The zero-order valence-electron chi connectivity index (χ0n) is 11.4. The number of nitrogens with zero attached hydrogens (tertiary/aromatic N) is 3. The highest BCUT2D eigenvalue weighted by molar-refractivity contribution is 8.00. The van der Waals surface area contributed by atoms with E-state index in [0.717, 1.165) is 17.5 Å². The fourth-order valence-corrected chi connectivity index (χ4v) is 4.10. The summed E-state index contributed by atoms with van der Waals surface area (Å²) in [6.45, 7) is 0. The van der Waals surface area contributed by atoms with Gasteiger partial charge in [-0.2, -0.15) is 5.10 Å². The van der Waals surface area contributed by atoms with Crippen LogP contribution in [0.15, 0.2) is 16.9 Å². The summed E-state index contributed by atoms with van der Waals surface area (Å²) in [6.07, 6.45) is 2.04. The van der Waals surface area contributed by atoms with Crippen molar-refractivity contribution in [3.8, 4) is 0 Å². The maximum atomic E-state index is 12.6. The number of carboxylic acid groups (broad SMARTS) is 1. The molecule has 3 rings (SSSR count). The zero-order valence-corrected chi connectivity index (χ0v) is 12.2. The first-order valence-corrected chi connectivity index (χ1v) is 7.75. The Hall–Kier alpha value is -1.83. The number of rotatable bonds is 3. The van der Waals surface area contributed by atoms with E-state index in [1.54, 1.807) is 0 Å². The molecule has 2 fully saturated rings. The fraction of sp³-hybridized carbons (Fsp3) is 0.538. The lowest BCUT2D eigenvalue weighted by molar-refractivity contribution is -0.141. The second-order valence-electron chi connectivity index (χ2n) is 5.31. The number of carbonyl (C=O) groups excluding carboxylic acids is 1. The summed E-state index contributed by atoms with van der Waals surface area (Å²) < 4.78 is 1.08. The molecule has 1 aliphatic heterocycles. The topological polar surface area (TPSA) is 92.5 Å². The minimum atomic E-state index is -0.996. The quantitative estimate of drug-likeness (QED) is 0.855. The lowest BCUT2D eigenvalue weighted by Crippen LogP contribution is -2.47. The maximum absolute atomic E-state index is 12.6. The first-order chi connectivity index (χ1) is 9.99. The van der Waals surface area contributed by atoms with E-state index in [2.05, 4.69) is 5.10 Å². The first-order valence-electron chi connectivity index (χ1n) is 6.70. The molecule has 2 unspecified atom stereocenters. The van der Waals surface area contributed by atoms with Crippen molar-refractivity contribution in [3.63, 3.8) is 0 Å². The summed E-state index contributed by atoms with van der Waals surface area (Å²) in [5, 5.41) is 13.2. The molecule has 0 spiro atoms. The average Bonchev–Trinajstić information content (AvgIpc) is 3.19. The van der Waals surface area contributed by atoms with E-state index in [1.165, 1.54) is 35.8 Å². The molecule has 1 aromatic rings. The van der Waals surface area contributed by atoms with E-state index < -0.39 is 17.9 Å².